The summed E-state index contributed by atoms with van der Waals surface area (Å²) < 4.78 is 0. The topological polar surface area (TPSA) is 114 Å². The maximum atomic E-state index is 11.0. The molecule has 0 atom stereocenters. The molecule has 96 valence electrons. The largest absolute Gasteiger partial charge is 0.476 e. The Labute approximate surface area is 106 Å². The number of oxime groups is 1. The Hall–Kier alpha value is -2.16. The van der Waals surface area contributed by atoms with Crippen LogP contribution in [0.15, 0.2) is 17.4 Å². The first-order valence-electron chi connectivity index (χ1n) is 4.64. The van der Waals surface area contributed by atoms with Crippen molar-refractivity contribution < 1.29 is 19.5 Å². The van der Waals surface area contributed by atoms with Gasteiger partial charge in [0.05, 0.1) is 0 Å². The molecule has 1 aromatic heterocycles. The van der Waals surface area contributed by atoms with Gasteiger partial charge in [0.25, 0.3) is 0 Å². The van der Waals surface area contributed by atoms with E-state index >= 15 is 0 Å². The van der Waals surface area contributed by atoms with E-state index in [1.54, 1.807) is 6.26 Å². The third-order valence-corrected chi connectivity index (χ3v) is 1.94. The molecule has 2 N–H and O–H groups in total. The fourth-order valence-electron chi connectivity index (χ4n) is 0.933. The maximum absolute atomic E-state index is 11.0. The van der Waals surface area contributed by atoms with Crippen molar-refractivity contribution in [3.63, 3.8) is 0 Å². The van der Waals surface area contributed by atoms with Crippen LogP contribution < -0.4 is 5.32 Å². The highest BCUT2D eigenvalue weighted by molar-refractivity contribution is 7.98. The monoisotopic (exact) mass is 270 g/mol. The summed E-state index contributed by atoms with van der Waals surface area (Å²) in [6, 6.07) is 1.42. The normalized spacial score (nSPS) is 10.8. The predicted octanol–water partition coefficient (Wildman–Crippen LogP) is 0.171. The van der Waals surface area contributed by atoms with Crippen LogP contribution in [0.5, 0.6) is 0 Å². The second kappa shape index (κ2) is 7.22. The van der Waals surface area contributed by atoms with Crippen LogP contribution in [0.25, 0.3) is 0 Å². The first-order valence-corrected chi connectivity index (χ1v) is 6.04. The lowest BCUT2D eigenvalue weighted by molar-refractivity contribution is -0.129. The van der Waals surface area contributed by atoms with E-state index in [1.165, 1.54) is 24.0 Å². The van der Waals surface area contributed by atoms with E-state index in [0.29, 0.717) is 6.41 Å². The minimum Gasteiger partial charge on any atom is -0.476 e. The summed E-state index contributed by atoms with van der Waals surface area (Å²) in [4.78, 5) is 33.6. The molecule has 0 aliphatic heterocycles. The van der Waals surface area contributed by atoms with E-state index in [-0.39, 0.29) is 17.6 Å². The first-order chi connectivity index (χ1) is 8.69. The van der Waals surface area contributed by atoms with Crippen LogP contribution in [-0.4, -0.2) is 45.4 Å². The molecule has 9 heteroatoms. The number of anilines is 1. The van der Waals surface area contributed by atoms with Crippen molar-refractivity contribution in [3.8, 4) is 0 Å². The molecule has 0 aliphatic carbocycles. The van der Waals surface area contributed by atoms with E-state index in [2.05, 4.69) is 20.4 Å². The fraction of sp³-hybridized carbons (Fsp3) is 0.222. The second-order valence-electron chi connectivity index (χ2n) is 2.81. The Balaban J connectivity index is 2.98. The van der Waals surface area contributed by atoms with Crippen LogP contribution in [0.3, 0.4) is 0 Å². The number of hydrogen-bond donors (Lipinski definition) is 2. The first kappa shape index (κ1) is 13.9. The third-order valence-electron chi connectivity index (χ3n) is 1.60. The maximum Gasteiger partial charge on any atom is 0.361 e. The number of aliphatic carboxylic acids is 1. The lowest BCUT2D eigenvalue weighted by atomic mass is 10.3. The number of hydrogen-bond acceptors (Lipinski definition) is 7. The third kappa shape index (κ3) is 4.01. The van der Waals surface area contributed by atoms with E-state index in [1.807, 2.05) is 0 Å². The lowest BCUT2D eigenvalue weighted by Gasteiger charge is -2.02. The highest BCUT2D eigenvalue weighted by atomic mass is 32.2. The van der Waals surface area contributed by atoms with Gasteiger partial charge in [0.15, 0.2) is 11.8 Å². The number of carboxylic acids is 1. The number of aromatic nitrogens is 2. The smallest absolute Gasteiger partial charge is 0.361 e. The van der Waals surface area contributed by atoms with Gasteiger partial charge in [0.1, 0.15) is 5.82 Å². The number of rotatable bonds is 7. The minimum absolute atomic E-state index is 0.143. The lowest BCUT2D eigenvalue weighted by Crippen LogP contribution is -2.19. The molecule has 0 radical (unpaired) electrons. The zero-order valence-electron chi connectivity index (χ0n) is 9.36. The Bertz CT molecular complexity index is 466. The standard InChI is InChI=1S/C9H10N4O4S/c1-18-5-17-13-7(9(15)16)8-10-3-2-6(12-8)11-4-14/h2-4H,5H2,1H3,(H,15,16)(H,10,11,12,14)/b13-7-. The molecular weight excluding hydrogens is 260 g/mol. The summed E-state index contributed by atoms with van der Waals surface area (Å²) in [7, 11) is 0. The number of nitrogens with zero attached hydrogens (tertiary/aromatic N) is 3. The molecule has 0 spiro atoms. The molecule has 0 saturated carbocycles. The van der Waals surface area contributed by atoms with Gasteiger partial charge in [-0.25, -0.2) is 14.8 Å². The number of carbonyl (C=O) groups excluding carboxylic acids is 1. The van der Waals surface area contributed by atoms with E-state index < -0.39 is 11.7 Å². The van der Waals surface area contributed by atoms with Crippen molar-refractivity contribution in [1.29, 1.82) is 0 Å². The number of thioether (sulfide) groups is 1. The van der Waals surface area contributed by atoms with Gasteiger partial charge in [0, 0.05) is 6.20 Å². The SMILES string of the molecule is CSCO/N=C(\C(=O)O)c1nccc(NC=O)n1. The van der Waals surface area contributed by atoms with Crippen LogP contribution in [0.4, 0.5) is 5.82 Å². The molecule has 1 amide bonds. The molecule has 0 bridgehead atoms. The number of nitrogens with one attached hydrogen (secondary N) is 1. The molecule has 0 saturated heterocycles. The number of amides is 1. The van der Waals surface area contributed by atoms with Gasteiger partial charge in [-0.15, -0.1) is 11.8 Å². The van der Waals surface area contributed by atoms with Crippen molar-refractivity contribution in [2.75, 3.05) is 17.5 Å². The summed E-state index contributed by atoms with van der Waals surface area (Å²) >= 11 is 1.34. The Morgan fingerprint density at radius 2 is 2.50 bits per heavy atom. The molecule has 0 aliphatic rings. The molecule has 1 rings (SSSR count). The van der Waals surface area contributed by atoms with Crippen LogP contribution in [0, 0.1) is 0 Å². The van der Waals surface area contributed by atoms with Crippen LogP contribution in [0.2, 0.25) is 0 Å². The van der Waals surface area contributed by atoms with Crippen LogP contribution in [0.1, 0.15) is 5.82 Å². The summed E-state index contributed by atoms with van der Waals surface area (Å²) in [5, 5.41) is 14.7. The summed E-state index contributed by atoms with van der Waals surface area (Å²) in [6.45, 7) is 0. The Morgan fingerprint density at radius 1 is 1.72 bits per heavy atom. The van der Waals surface area contributed by atoms with Crippen molar-refractivity contribution in [2.24, 2.45) is 5.16 Å². The molecule has 18 heavy (non-hydrogen) atoms. The summed E-state index contributed by atoms with van der Waals surface area (Å²) in [5.74, 6) is -1.08. The van der Waals surface area contributed by atoms with E-state index in [0.717, 1.165) is 0 Å². The summed E-state index contributed by atoms with van der Waals surface area (Å²) in [6.07, 6.45) is 3.51. The second-order valence-corrected chi connectivity index (χ2v) is 3.62. The molecule has 8 nitrogen and oxygen atoms in total. The molecular formula is C9H10N4O4S. The molecule has 0 fully saturated rings. The van der Waals surface area contributed by atoms with Crippen LogP contribution in [-0.2, 0) is 14.4 Å². The molecule has 1 aromatic rings. The Kier molecular flexibility index (Phi) is 5.58. The molecule has 1 heterocycles. The van der Waals surface area contributed by atoms with Gasteiger partial charge in [-0.2, -0.15) is 0 Å². The van der Waals surface area contributed by atoms with Gasteiger partial charge in [0.2, 0.25) is 12.1 Å². The van der Waals surface area contributed by atoms with Crippen molar-refractivity contribution in [3.05, 3.63) is 18.1 Å². The van der Waals surface area contributed by atoms with E-state index in [9.17, 15) is 9.59 Å². The van der Waals surface area contributed by atoms with Gasteiger partial charge in [-0.3, -0.25) is 4.79 Å². The summed E-state index contributed by atoms with van der Waals surface area (Å²) in [5.41, 5.74) is -0.432. The van der Waals surface area contributed by atoms with Gasteiger partial charge in [-0.05, 0) is 12.3 Å². The average molecular weight is 270 g/mol. The minimum atomic E-state index is -1.32. The van der Waals surface area contributed by atoms with Gasteiger partial charge < -0.3 is 15.3 Å². The Morgan fingerprint density at radius 3 is 3.11 bits per heavy atom. The van der Waals surface area contributed by atoms with Gasteiger partial charge in [-0.1, -0.05) is 5.16 Å². The molecule has 0 unspecified atom stereocenters. The number of carboxylic acid groups (broad SMARTS) is 1. The quantitative estimate of drug-likeness (QED) is 0.239. The predicted molar refractivity (Wildman–Crippen MR) is 65.4 cm³/mol. The van der Waals surface area contributed by atoms with Crippen molar-refractivity contribution >= 4 is 35.7 Å². The van der Waals surface area contributed by atoms with Gasteiger partial charge >= 0.3 is 5.97 Å². The highest BCUT2D eigenvalue weighted by Crippen LogP contribution is 2.03. The van der Waals surface area contributed by atoms with Crippen LogP contribution >= 0.6 is 11.8 Å². The zero-order valence-corrected chi connectivity index (χ0v) is 10.2. The highest BCUT2D eigenvalue weighted by Gasteiger charge is 2.17. The van der Waals surface area contributed by atoms with E-state index in [4.69, 9.17) is 9.94 Å². The number of carbonyl (C=O) groups is 2. The van der Waals surface area contributed by atoms with Crippen molar-refractivity contribution in [1.82, 2.24) is 9.97 Å². The zero-order chi connectivity index (χ0) is 13.4. The van der Waals surface area contributed by atoms with Crippen molar-refractivity contribution in [2.45, 2.75) is 0 Å². The molecule has 0 aromatic carbocycles. The fourth-order valence-corrected chi connectivity index (χ4v) is 1.09. The average Bonchev–Trinajstić information content (AvgIpc) is 2.35.